The zero-order valence-corrected chi connectivity index (χ0v) is 17.7. The van der Waals surface area contributed by atoms with Crippen molar-refractivity contribution in [3.63, 3.8) is 0 Å². The summed E-state index contributed by atoms with van der Waals surface area (Å²) in [6.07, 6.45) is 0.557. The molecule has 0 radical (unpaired) electrons. The molecule has 8 heteroatoms. The molecule has 0 spiro atoms. The molecule has 1 aliphatic heterocycles. The maximum absolute atomic E-state index is 12.5. The maximum Gasteiger partial charge on any atom is 0.337 e. The Morgan fingerprint density at radius 3 is 2.62 bits per heavy atom. The van der Waals surface area contributed by atoms with Gasteiger partial charge >= 0.3 is 12.0 Å². The van der Waals surface area contributed by atoms with E-state index in [0.29, 0.717) is 17.7 Å². The third kappa shape index (κ3) is 5.80. The Morgan fingerprint density at radius 1 is 1.24 bits per heavy atom. The van der Waals surface area contributed by atoms with Crippen LogP contribution in [0.5, 0.6) is 0 Å². The van der Waals surface area contributed by atoms with Crippen LogP contribution in [0, 0.1) is 13.8 Å². The standard InChI is InChI=1S/C21H30N4O4/c1-6-15-19(20(27)29-7-2)17(24-21(28)23-15)11-25(5)12-18(26)22-16-10-8-9-13(3)14(16)4/h8-10,15H,6-7,11-12H2,1-5H3,(H,22,26)(H2,23,24,28)/t15-/m1/s1. The molecule has 1 heterocycles. The van der Waals surface area contributed by atoms with Crippen LogP contribution in [0.3, 0.4) is 0 Å². The van der Waals surface area contributed by atoms with Crippen molar-refractivity contribution in [1.82, 2.24) is 15.5 Å². The highest BCUT2D eigenvalue weighted by molar-refractivity contribution is 5.95. The number of hydrogen-bond acceptors (Lipinski definition) is 5. The van der Waals surface area contributed by atoms with E-state index in [1.165, 1.54) is 0 Å². The highest BCUT2D eigenvalue weighted by atomic mass is 16.5. The number of aryl methyl sites for hydroxylation is 1. The zero-order chi connectivity index (χ0) is 21.6. The van der Waals surface area contributed by atoms with Gasteiger partial charge in [-0.2, -0.15) is 0 Å². The maximum atomic E-state index is 12.5. The minimum atomic E-state index is -0.463. The van der Waals surface area contributed by atoms with Gasteiger partial charge in [0.05, 0.1) is 24.8 Å². The topological polar surface area (TPSA) is 99.8 Å². The summed E-state index contributed by atoms with van der Waals surface area (Å²) in [7, 11) is 1.76. The van der Waals surface area contributed by atoms with Crippen molar-refractivity contribution in [3.8, 4) is 0 Å². The van der Waals surface area contributed by atoms with Crippen LogP contribution in [-0.2, 0) is 14.3 Å². The molecule has 0 fully saturated rings. The number of amides is 3. The van der Waals surface area contributed by atoms with Crippen LogP contribution < -0.4 is 16.0 Å². The lowest BCUT2D eigenvalue weighted by atomic mass is 10.00. The number of nitrogens with one attached hydrogen (secondary N) is 3. The first-order valence-corrected chi connectivity index (χ1v) is 9.79. The molecule has 8 nitrogen and oxygen atoms in total. The Balaban J connectivity index is 2.12. The Labute approximate surface area is 171 Å². The molecule has 0 saturated heterocycles. The van der Waals surface area contributed by atoms with Gasteiger partial charge in [0.15, 0.2) is 0 Å². The van der Waals surface area contributed by atoms with E-state index in [9.17, 15) is 14.4 Å². The lowest BCUT2D eigenvalue weighted by Crippen LogP contribution is -2.52. The van der Waals surface area contributed by atoms with Gasteiger partial charge in [-0.25, -0.2) is 9.59 Å². The van der Waals surface area contributed by atoms with Gasteiger partial charge in [-0.05, 0) is 51.4 Å². The number of benzene rings is 1. The molecular formula is C21H30N4O4. The zero-order valence-electron chi connectivity index (χ0n) is 17.7. The summed E-state index contributed by atoms with van der Waals surface area (Å²) in [6.45, 7) is 8.15. The van der Waals surface area contributed by atoms with Crippen molar-refractivity contribution >= 4 is 23.6 Å². The van der Waals surface area contributed by atoms with E-state index in [1.807, 2.05) is 39.0 Å². The van der Waals surface area contributed by atoms with E-state index in [1.54, 1.807) is 18.9 Å². The normalized spacial score (nSPS) is 16.3. The number of nitrogens with zero attached hydrogens (tertiary/aromatic N) is 1. The molecule has 1 aliphatic rings. The number of urea groups is 1. The van der Waals surface area contributed by atoms with Crippen molar-refractivity contribution in [2.45, 2.75) is 40.2 Å². The predicted molar refractivity (Wildman–Crippen MR) is 111 cm³/mol. The van der Waals surface area contributed by atoms with Gasteiger partial charge in [0.25, 0.3) is 0 Å². The smallest absolute Gasteiger partial charge is 0.337 e. The van der Waals surface area contributed by atoms with Crippen LogP contribution in [-0.4, -0.2) is 55.6 Å². The number of hydrogen-bond donors (Lipinski definition) is 3. The molecular weight excluding hydrogens is 372 g/mol. The second kappa shape index (κ2) is 10.1. The van der Waals surface area contributed by atoms with Crippen molar-refractivity contribution < 1.29 is 19.1 Å². The minimum Gasteiger partial charge on any atom is -0.463 e. The third-order valence-electron chi connectivity index (χ3n) is 4.87. The SMILES string of the molecule is CCOC(=O)C1=C(CN(C)CC(=O)Nc2cccc(C)c2C)NC(=O)N[C@@H]1CC. The highest BCUT2D eigenvalue weighted by Gasteiger charge is 2.31. The first kappa shape index (κ1) is 22.4. The molecule has 3 N–H and O–H groups in total. The van der Waals surface area contributed by atoms with Crippen molar-refractivity contribution in [2.75, 3.05) is 32.1 Å². The Morgan fingerprint density at radius 2 is 1.97 bits per heavy atom. The van der Waals surface area contributed by atoms with Crippen LogP contribution >= 0.6 is 0 Å². The molecule has 0 saturated carbocycles. The largest absolute Gasteiger partial charge is 0.463 e. The van der Waals surface area contributed by atoms with Crippen molar-refractivity contribution in [2.24, 2.45) is 0 Å². The summed E-state index contributed by atoms with van der Waals surface area (Å²) in [4.78, 5) is 38.6. The number of ether oxygens (including phenoxy) is 1. The van der Waals surface area contributed by atoms with Gasteiger partial charge in [-0.3, -0.25) is 9.69 Å². The van der Waals surface area contributed by atoms with E-state index in [2.05, 4.69) is 16.0 Å². The van der Waals surface area contributed by atoms with Crippen molar-refractivity contribution in [3.05, 3.63) is 40.6 Å². The van der Waals surface area contributed by atoms with Gasteiger partial charge < -0.3 is 20.7 Å². The van der Waals surface area contributed by atoms with Crippen molar-refractivity contribution in [1.29, 1.82) is 0 Å². The van der Waals surface area contributed by atoms with Crippen LogP contribution in [0.15, 0.2) is 29.5 Å². The van der Waals surface area contributed by atoms with E-state index in [4.69, 9.17) is 4.74 Å². The third-order valence-corrected chi connectivity index (χ3v) is 4.87. The average molecular weight is 402 g/mol. The molecule has 2 rings (SSSR count). The summed E-state index contributed by atoms with van der Waals surface area (Å²) >= 11 is 0. The number of carbonyl (C=O) groups excluding carboxylic acids is 3. The highest BCUT2D eigenvalue weighted by Crippen LogP contribution is 2.19. The molecule has 0 bridgehead atoms. The first-order valence-electron chi connectivity index (χ1n) is 9.79. The summed E-state index contributed by atoms with van der Waals surface area (Å²) in [6, 6.07) is 4.96. The van der Waals surface area contributed by atoms with E-state index in [0.717, 1.165) is 16.8 Å². The van der Waals surface area contributed by atoms with Gasteiger partial charge in [-0.15, -0.1) is 0 Å². The number of carbonyl (C=O) groups is 3. The quantitative estimate of drug-likeness (QED) is 0.578. The number of likely N-dealkylation sites (N-methyl/N-ethyl adjacent to an activating group) is 1. The molecule has 1 aromatic carbocycles. The Bertz CT molecular complexity index is 819. The fraction of sp³-hybridized carbons (Fsp3) is 0.476. The lowest BCUT2D eigenvalue weighted by molar-refractivity contribution is -0.139. The summed E-state index contributed by atoms with van der Waals surface area (Å²) in [5, 5.41) is 8.35. The predicted octanol–water partition coefficient (Wildman–Crippen LogP) is 2.08. The van der Waals surface area contributed by atoms with Gasteiger partial charge in [-0.1, -0.05) is 19.1 Å². The summed E-state index contributed by atoms with van der Waals surface area (Å²) in [5.41, 5.74) is 3.75. The number of esters is 1. The van der Waals surface area contributed by atoms with E-state index >= 15 is 0 Å². The molecule has 0 aliphatic carbocycles. The summed E-state index contributed by atoms with van der Waals surface area (Å²) < 4.78 is 5.16. The minimum absolute atomic E-state index is 0.104. The molecule has 0 aromatic heterocycles. The summed E-state index contributed by atoms with van der Waals surface area (Å²) in [5.74, 6) is -0.637. The molecule has 1 atom stereocenters. The lowest BCUT2D eigenvalue weighted by Gasteiger charge is -2.30. The van der Waals surface area contributed by atoms with E-state index in [-0.39, 0.29) is 31.6 Å². The van der Waals surface area contributed by atoms with Crippen LogP contribution in [0.4, 0.5) is 10.5 Å². The fourth-order valence-corrected chi connectivity index (χ4v) is 3.23. The number of anilines is 1. The van der Waals surface area contributed by atoms with Gasteiger partial charge in [0.1, 0.15) is 0 Å². The number of rotatable bonds is 8. The van der Waals surface area contributed by atoms with E-state index < -0.39 is 12.0 Å². The second-order valence-corrected chi connectivity index (χ2v) is 7.14. The van der Waals surface area contributed by atoms with Gasteiger partial charge in [0, 0.05) is 17.9 Å². The Hall–Kier alpha value is -2.87. The fourth-order valence-electron chi connectivity index (χ4n) is 3.23. The first-order chi connectivity index (χ1) is 13.8. The van der Waals surface area contributed by atoms with Crippen LogP contribution in [0.1, 0.15) is 31.4 Å². The van der Waals surface area contributed by atoms with Crippen LogP contribution in [0.25, 0.3) is 0 Å². The monoisotopic (exact) mass is 402 g/mol. The van der Waals surface area contributed by atoms with Crippen LogP contribution in [0.2, 0.25) is 0 Å². The average Bonchev–Trinajstić information content (AvgIpc) is 2.64. The second-order valence-electron chi connectivity index (χ2n) is 7.14. The molecule has 29 heavy (non-hydrogen) atoms. The Kier molecular flexibility index (Phi) is 7.78. The molecule has 1 aromatic rings. The molecule has 0 unspecified atom stereocenters. The molecule has 158 valence electrons. The van der Waals surface area contributed by atoms with Gasteiger partial charge in [0.2, 0.25) is 5.91 Å². The molecule has 3 amide bonds.